The highest BCUT2D eigenvalue weighted by Crippen LogP contribution is 2.25. The summed E-state index contributed by atoms with van der Waals surface area (Å²) < 4.78 is 0. The number of H-pyrrole nitrogens is 2. The van der Waals surface area contributed by atoms with Crippen LogP contribution in [0.4, 0.5) is 0 Å². The second-order valence-corrected chi connectivity index (χ2v) is 5.93. The van der Waals surface area contributed by atoms with Crippen molar-refractivity contribution in [3.05, 3.63) is 62.9 Å². The summed E-state index contributed by atoms with van der Waals surface area (Å²) in [4.78, 5) is 40.1. The van der Waals surface area contributed by atoms with Gasteiger partial charge in [0.15, 0.2) is 0 Å². The van der Waals surface area contributed by atoms with Crippen LogP contribution in [0.1, 0.15) is 19.0 Å². The molecule has 1 heterocycles. The van der Waals surface area contributed by atoms with Gasteiger partial charge in [-0.25, -0.2) is 4.79 Å². The molecule has 1 atom stereocenters. The molecule has 3 N–H and O–H groups in total. The van der Waals surface area contributed by atoms with Gasteiger partial charge in [0.2, 0.25) is 5.91 Å². The molecule has 1 aromatic heterocycles. The lowest BCUT2D eigenvalue weighted by Gasteiger charge is -2.14. The Bertz CT molecular complexity index is 711. The largest absolute Gasteiger partial charge is 0.350 e. The zero-order valence-corrected chi connectivity index (χ0v) is 12.9. The molecule has 1 aromatic carbocycles. The summed E-state index contributed by atoms with van der Waals surface area (Å²) in [5, 5.41) is 2.52. The fourth-order valence-corrected chi connectivity index (χ4v) is 2.90. The molecule has 7 heteroatoms. The highest BCUT2D eigenvalue weighted by molar-refractivity contribution is 8.00. The van der Waals surface area contributed by atoms with Crippen LogP contribution >= 0.6 is 11.8 Å². The van der Waals surface area contributed by atoms with E-state index >= 15 is 0 Å². The average molecular weight is 319 g/mol. The Morgan fingerprint density at radius 2 is 1.95 bits per heavy atom. The zero-order valence-electron chi connectivity index (χ0n) is 12.1. The van der Waals surface area contributed by atoms with Gasteiger partial charge < -0.3 is 10.3 Å². The monoisotopic (exact) mass is 319 g/mol. The zero-order chi connectivity index (χ0) is 15.9. The molecule has 1 amide bonds. The Hall–Kier alpha value is -2.28. The van der Waals surface area contributed by atoms with Crippen LogP contribution in [0.3, 0.4) is 0 Å². The van der Waals surface area contributed by atoms with Crippen molar-refractivity contribution in [3.63, 3.8) is 0 Å². The Kier molecular flexibility index (Phi) is 5.60. The number of benzene rings is 1. The average Bonchev–Trinajstić information content (AvgIpc) is 2.50. The first kappa shape index (κ1) is 16.1. The molecular weight excluding hydrogens is 302 g/mol. The Balaban J connectivity index is 1.97. The van der Waals surface area contributed by atoms with Crippen molar-refractivity contribution in [2.24, 2.45) is 0 Å². The van der Waals surface area contributed by atoms with Crippen LogP contribution in [0.2, 0.25) is 0 Å². The molecule has 0 saturated carbocycles. The van der Waals surface area contributed by atoms with Gasteiger partial charge in [-0.15, -0.1) is 11.8 Å². The van der Waals surface area contributed by atoms with Crippen LogP contribution in [0.25, 0.3) is 0 Å². The number of thioether (sulfide) groups is 1. The van der Waals surface area contributed by atoms with E-state index in [1.165, 1.54) is 17.8 Å². The Morgan fingerprint density at radius 1 is 1.23 bits per heavy atom. The van der Waals surface area contributed by atoms with Crippen LogP contribution in [-0.4, -0.2) is 21.1 Å². The van der Waals surface area contributed by atoms with Gasteiger partial charge in [0.25, 0.3) is 5.56 Å². The molecule has 2 rings (SSSR count). The third kappa shape index (κ3) is 4.63. The van der Waals surface area contributed by atoms with Gasteiger partial charge in [-0.2, -0.15) is 0 Å². The lowest BCUT2D eigenvalue weighted by Crippen LogP contribution is -2.33. The second-order valence-electron chi connectivity index (χ2n) is 4.66. The van der Waals surface area contributed by atoms with Gasteiger partial charge in [-0.1, -0.05) is 25.1 Å². The normalized spacial score (nSPS) is 11.9. The Labute approximate surface area is 131 Å². The van der Waals surface area contributed by atoms with Crippen LogP contribution in [0, 0.1) is 0 Å². The summed E-state index contributed by atoms with van der Waals surface area (Å²) >= 11 is 1.49. The minimum atomic E-state index is -0.581. The van der Waals surface area contributed by atoms with E-state index in [1.54, 1.807) is 0 Å². The molecule has 0 aliphatic heterocycles. The number of nitrogens with one attached hydrogen (secondary N) is 3. The summed E-state index contributed by atoms with van der Waals surface area (Å²) in [6.45, 7) is 2.05. The van der Waals surface area contributed by atoms with Gasteiger partial charge in [-0.05, 0) is 18.6 Å². The number of carbonyl (C=O) groups excluding carboxylic acids is 1. The maximum Gasteiger partial charge on any atom is 0.325 e. The molecule has 0 radical (unpaired) electrons. The first-order valence-electron chi connectivity index (χ1n) is 6.90. The van der Waals surface area contributed by atoms with Crippen molar-refractivity contribution < 1.29 is 4.79 Å². The molecule has 22 heavy (non-hydrogen) atoms. The van der Waals surface area contributed by atoms with Gasteiger partial charge in [-0.3, -0.25) is 14.6 Å². The molecule has 0 saturated heterocycles. The SMILES string of the molecule is CCC(Sc1ccccc1)C(=O)NCc1cc(=O)[nH]c(=O)[nH]1. The van der Waals surface area contributed by atoms with E-state index in [2.05, 4.69) is 15.3 Å². The standard InChI is InChI=1S/C15H17N3O3S/c1-2-12(22-11-6-4-3-5-7-11)14(20)16-9-10-8-13(19)18-15(21)17-10/h3-8,12H,2,9H2,1H3,(H,16,20)(H2,17,18,19,21). The summed E-state index contributed by atoms with van der Waals surface area (Å²) in [5.74, 6) is -0.127. The molecular formula is C15H17N3O3S. The van der Waals surface area contributed by atoms with Crippen molar-refractivity contribution in [2.45, 2.75) is 30.0 Å². The van der Waals surface area contributed by atoms with E-state index < -0.39 is 11.2 Å². The topological polar surface area (TPSA) is 94.8 Å². The highest BCUT2D eigenvalue weighted by Gasteiger charge is 2.17. The summed E-state index contributed by atoms with van der Waals surface area (Å²) in [7, 11) is 0. The molecule has 0 aliphatic rings. The number of aromatic amines is 2. The second kappa shape index (κ2) is 7.65. The number of carbonyl (C=O) groups is 1. The van der Waals surface area contributed by atoms with Crippen molar-refractivity contribution in [1.29, 1.82) is 0 Å². The molecule has 0 aliphatic carbocycles. The first-order valence-corrected chi connectivity index (χ1v) is 7.78. The highest BCUT2D eigenvalue weighted by atomic mass is 32.2. The number of amides is 1. The van der Waals surface area contributed by atoms with Gasteiger partial charge in [0.05, 0.1) is 11.8 Å². The molecule has 0 fully saturated rings. The smallest absolute Gasteiger partial charge is 0.325 e. The molecule has 6 nitrogen and oxygen atoms in total. The fourth-order valence-electron chi connectivity index (χ4n) is 1.90. The van der Waals surface area contributed by atoms with Crippen molar-refractivity contribution in [3.8, 4) is 0 Å². The summed E-state index contributed by atoms with van der Waals surface area (Å²) in [6, 6.07) is 10.9. The van der Waals surface area contributed by atoms with Crippen LogP contribution in [-0.2, 0) is 11.3 Å². The predicted molar refractivity (Wildman–Crippen MR) is 85.9 cm³/mol. The summed E-state index contributed by atoms with van der Waals surface area (Å²) in [5.41, 5.74) is -0.692. The van der Waals surface area contributed by atoms with E-state index in [1.807, 2.05) is 37.3 Å². The lowest BCUT2D eigenvalue weighted by atomic mass is 10.3. The molecule has 1 unspecified atom stereocenters. The van der Waals surface area contributed by atoms with Crippen molar-refractivity contribution in [2.75, 3.05) is 0 Å². The minimum Gasteiger partial charge on any atom is -0.350 e. The molecule has 116 valence electrons. The van der Waals surface area contributed by atoms with E-state index in [4.69, 9.17) is 0 Å². The lowest BCUT2D eigenvalue weighted by molar-refractivity contribution is -0.120. The van der Waals surface area contributed by atoms with Crippen molar-refractivity contribution >= 4 is 17.7 Å². The van der Waals surface area contributed by atoms with Gasteiger partial charge >= 0.3 is 5.69 Å². The minimum absolute atomic E-state index is 0.115. The number of hydrogen-bond donors (Lipinski definition) is 3. The third-order valence-corrected chi connectivity index (χ3v) is 4.33. The van der Waals surface area contributed by atoms with E-state index in [0.717, 1.165) is 4.90 Å². The third-order valence-electron chi connectivity index (χ3n) is 2.95. The number of aromatic nitrogens is 2. The molecule has 0 spiro atoms. The van der Waals surface area contributed by atoms with Gasteiger partial charge in [0, 0.05) is 16.7 Å². The van der Waals surface area contributed by atoms with Gasteiger partial charge in [0.1, 0.15) is 0 Å². The van der Waals surface area contributed by atoms with Crippen molar-refractivity contribution in [1.82, 2.24) is 15.3 Å². The van der Waals surface area contributed by atoms with Crippen LogP contribution in [0.15, 0.2) is 50.9 Å². The maximum atomic E-state index is 12.2. The van der Waals surface area contributed by atoms with E-state index in [-0.39, 0.29) is 17.7 Å². The van der Waals surface area contributed by atoms with E-state index in [0.29, 0.717) is 12.1 Å². The summed E-state index contributed by atoms with van der Waals surface area (Å²) in [6.07, 6.45) is 0.678. The first-order chi connectivity index (χ1) is 10.6. The fraction of sp³-hybridized carbons (Fsp3) is 0.267. The van der Waals surface area contributed by atoms with Crippen LogP contribution < -0.4 is 16.6 Å². The quantitative estimate of drug-likeness (QED) is 0.698. The molecule has 0 bridgehead atoms. The number of rotatable bonds is 6. The van der Waals surface area contributed by atoms with Crippen LogP contribution in [0.5, 0.6) is 0 Å². The molecule has 2 aromatic rings. The number of hydrogen-bond acceptors (Lipinski definition) is 4. The maximum absolute atomic E-state index is 12.2. The van der Waals surface area contributed by atoms with E-state index in [9.17, 15) is 14.4 Å². The predicted octanol–water partition coefficient (Wildman–Crippen LogP) is 1.25. The Morgan fingerprint density at radius 3 is 2.59 bits per heavy atom.